The first-order valence-corrected chi connectivity index (χ1v) is 6.89. The molecule has 2 heterocycles. The maximum atomic E-state index is 12.4. The molecule has 2 fully saturated rings. The quantitative estimate of drug-likeness (QED) is 0.774. The second kappa shape index (κ2) is 5.69. The van der Waals surface area contributed by atoms with Gasteiger partial charge in [0.25, 0.3) is 0 Å². The summed E-state index contributed by atoms with van der Waals surface area (Å²) in [5, 5.41) is 9.49. The highest BCUT2D eigenvalue weighted by Crippen LogP contribution is 2.22. The van der Waals surface area contributed by atoms with Crippen LogP contribution in [0.3, 0.4) is 0 Å². The molecule has 2 amide bonds. The smallest absolute Gasteiger partial charge is 0.245 e. The average molecular weight is 254 g/mol. The molecule has 5 nitrogen and oxygen atoms in total. The molecular weight excluding hydrogens is 232 g/mol. The highest BCUT2D eigenvalue weighted by atomic mass is 16.3. The van der Waals surface area contributed by atoms with E-state index in [1.165, 1.54) is 0 Å². The van der Waals surface area contributed by atoms with Gasteiger partial charge in [-0.3, -0.25) is 9.59 Å². The summed E-state index contributed by atoms with van der Waals surface area (Å²) >= 11 is 0. The molecule has 2 aliphatic heterocycles. The van der Waals surface area contributed by atoms with Gasteiger partial charge in [0.05, 0.1) is 6.10 Å². The van der Waals surface area contributed by atoms with Crippen LogP contribution in [-0.4, -0.2) is 58.5 Å². The minimum atomic E-state index is -0.395. The lowest BCUT2D eigenvalue weighted by atomic mass is 10.0. The van der Waals surface area contributed by atoms with Crippen molar-refractivity contribution < 1.29 is 14.7 Å². The lowest BCUT2D eigenvalue weighted by molar-refractivity contribution is -0.147. The van der Waals surface area contributed by atoms with Crippen molar-refractivity contribution in [1.82, 2.24) is 9.80 Å². The molecule has 1 N–H and O–H groups in total. The molecule has 2 aliphatic rings. The number of piperidine rings is 1. The van der Waals surface area contributed by atoms with Crippen molar-refractivity contribution in [2.75, 3.05) is 19.6 Å². The number of nitrogens with zero attached hydrogens (tertiary/aromatic N) is 2. The van der Waals surface area contributed by atoms with Crippen LogP contribution < -0.4 is 0 Å². The third-order valence-electron chi connectivity index (χ3n) is 3.89. The number of carbonyl (C=O) groups excluding carboxylic acids is 2. The largest absolute Gasteiger partial charge is 0.391 e. The van der Waals surface area contributed by atoms with Crippen LogP contribution in [0.5, 0.6) is 0 Å². The van der Waals surface area contributed by atoms with E-state index in [1.807, 2.05) is 6.92 Å². The summed E-state index contributed by atoms with van der Waals surface area (Å²) in [5.74, 6) is 0.0841. The predicted octanol–water partition coefficient (Wildman–Crippen LogP) is 0.371. The first-order valence-electron chi connectivity index (χ1n) is 6.89. The van der Waals surface area contributed by atoms with Crippen molar-refractivity contribution in [2.45, 2.75) is 51.2 Å². The second-order valence-electron chi connectivity index (χ2n) is 5.18. The van der Waals surface area contributed by atoms with Crippen LogP contribution in [0, 0.1) is 0 Å². The first kappa shape index (κ1) is 13.3. The maximum Gasteiger partial charge on any atom is 0.245 e. The van der Waals surface area contributed by atoms with E-state index in [0.717, 1.165) is 19.3 Å². The van der Waals surface area contributed by atoms with Crippen LogP contribution in [0.25, 0.3) is 0 Å². The zero-order valence-corrected chi connectivity index (χ0v) is 11.0. The fourth-order valence-electron chi connectivity index (χ4n) is 2.84. The molecule has 0 spiro atoms. The Morgan fingerprint density at radius 1 is 1.22 bits per heavy atom. The van der Waals surface area contributed by atoms with Crippen LogP contribution in [0.4, 0.5) is 0 Å². The Kier molecular flexibility index (Phi) is 4.22. The molecule has 0 radical (unpaired) electrons. The molecule has 0 aromatic rings. The number of hydrogen-bond acceptors (Lipinski definition) is 3. The zero-order chi connectivity index (χ0) is 13.1. The van der Waals surface area contributed by atoms with Gasteiger partial charge in [-0.25, -0.2) is 0 Å². The third kappa shape index (κ3) is 2.66. The van der Waals surface area contributed by atoms with Gasteiger partial charge in [0.2, 0.25) is 11.8 Å². The summed E-state index contributed by atoms with van der Waals surface area (Å²) in [6.07, 6.45) is 3.45. The molecule has 0 aromatic heterocycles. The number of likely N-dealkylation sites (tertiary alicyclic amines) is 2. The molecule has 2 saturated heterocycles. The van der Waals surface area contributed by atoms with Gasteiger partial charge in [0.15, 0.2) is 0 Å². The van der Waals surface area contributed by atoms with E-state index in [2.05, 4.69) is 0 Å². The Hall–Kier alpha value is -1.10. The minimum Gasteiger partial charge on any atom is -0.391 e. The molecule has 5 heteroatoms. The lowest BCUT2D eigenvalue weighted by Crippen LogP contribution is -2.52. The number of hydrogen-bond donors (Lipinski definition) is 1. The Bertz CT molecular complexity index is 332. The van der Waals surface area contributed by atoms with Gasteiger partial charge in [0, 0.05) is 26.1 Å². The van der Waals surface area contributed by atoms with Crippen molar-refractivity contribution in [1.29, 1.82) is 0 Å². The summed E-state index contributed by atoms with van der Waals surface area (Å²) in [6, 6.07) is -0.295. The van der Waals surface area contributed by atoms with Crippen molar-refractivity contribution in [3.8, 4) is 0 Å². The van der Waals surface area contributed by atoms with Crippen molar-refractivity contribution in [2.24, 2.45) is 0 Å². The molecule has 0 aromatic carbocycles. The van der Waals surface area contributed by atoms with Gasteiger partial charge in [-0.1, -0.05) is 6.92 Å². The molecule has 102 valence electrons. The van der Waals surface area contributed by atoms with Gasteiger partial charge in [-0.05, 0) is 25.7 Å². The molecule has 2 rings (SSSR count). The molecular formula is C13H22N2O3. The van der Waals surface area contributed by atoms with Gasteiger partial charge < -0.3 is 14.9 Å². The highest BCUT2D eigenvalue weighted by Gasteiger charge is 2.36. The van der Waals surface area contributed by atoms with Crippen LogP contribution in [0.2, 0.25) is 0 Å². The molecule has 18 heavy (non-hydrogen) atoms. The Labute approximate surface area is 108 Å². The van der Waals surface area contributed by atoms with Crippen LogP contribution in [-0.2, 0) is 9.59 Å². The van der Waals surface area contributed by atoms with E-state index in [4.69, 9.17) is 0 Å². The maximum absolute atomic E-state index is 12.4. The van der Waals surface area contributed by atoms with E-state index in [9.17, 15) is 14.7 Å². The molecule has 1 unspecified atom stereocenters. The van der Waals surface area contributed by atoms with E-state index < -0.39 is 6.10 Å². The minimum absolute atomic E-state index is 0.0213. The Balaban J connectivity index is 2.04. The highest BCUT2D eigenvalue weighted by molar-refractivity contribution is 5.88. The van der Waals surface area contributed by atoms with Crippen LogP contribution in [0.15, 0.2) is 0 Å². The third-order valence-corrected chi connectivity index (χ3v) is 3.89. The summed E-state index contributed by atoms with van der Waals surface area (Å²) in [7, 11) is 0. The van der Waals surface area contributed by atoms with E-state index in [0.29, 0.717) is 32.5 Å². The standard InChI is InChI=1S/C13H22N2O3/c1-2-12(17)15-7-4-3-5-11(15)13(18)14-8-6-10(16)9-14/h10-11,16H,2-9H2,1H3/t10-,11?/m1/s1. The number of carbonyl (C=O) groups is 2. The molecule has 2 atom stereocenters. The fourth-order valence-corrected chi connectivity index (χ4v) is 2.84. The van der Waals surface area contributed by atoms with Gasteiger partial charge in [-0.2, -0.15) is 0 Å². The van der Waals surface area contributed by atoms with E-state index in [-0.39, 0.29) is 17.9 Å². The monoisotopic (exact) mass is 254 g/mol. The number of aliphatic hydroxyl groups excluding tert-OH is 1. The number of aliphatic hydroxyl groups is 1. The van der Waals surface area contributed by atoms with Crippen LogP contribution >= 0.6 is 0 Å². The second-order valence-corrected chi connectivity index (χ2v) is 5.18. The van der Waals surface area contributed by atoms with E-state index >= 15 is 0 Å². The lowest BCUT2D eigenvalue weighted by Gasteiger charge is -2.36. The number of β-amino-alcohol motifs (C(OH)–C–C–N with tert-alkyl or cyclic N) is 1. The summed E-state index contributed by atoms with van der Waals surface area (Å²) in [6.45, 7) is 3.56. The van der Waals surface area contributed by atoms with Crippen molar-refractivity contribution in [3.05, 3.63) is 0 Å². The number of amides is 2. The van der Waals surface area contributed by atoms with E-state index in [1.54, 1.807) is 9.80 Å². The topological polar surface area (TPSA) is 60.9 Å². The van der Waals surface area contributed by atoms with Gasteiger partial charge in [-0.15, -0.1) is 0 Å². The summed E-state index contributed by atoms with van der Waals surface area (Å²) in [4.78, 5) is 27.7. The zero-order valence-electron chi connectivity index (χ0n) is 11.0. The average Bonchev–Trinajstić information content (AvgIpc) is 2.83. The summed E-state index contributed by atoms with van der Waals surface area (Å²) in [5.41, 5.74) is 0. The predicted molar refractivity (Wildman–Crippen MR) is 66.8 cm³/mol. The van der Waals surface area contributed by atoms with Crippen molar-refractivity contribution >= 4 is 11.8 Å². The SMILES string of the molecule is CCC(=O)N1CCCCC1C(=O)N1CC[C@@H](O)C1. The first-order chi connectivity index (χ1) is 8.63. The van der Waals surface area contributed by atoms with Crippen molar-refractivity contribution in [3.63, 3.8) is 0 Å². The molecule has 0 saturated carbocycles. The fraction of sp³-hybridized carbons (Fsp3) is 0.846. The van der Waals surface area contributed by atoms with Gasteiger partial charge >= 0.3 is 0 Å². The number of rotatable bonds is 2. The summed E-state index contributed by atoms with van der Waals surface area (Å²) < 4.78 is 0. The van der Waals surface area contributed by atoms with Crippen LogP contribution in [0.1, 0.15) is 39.0 Å². The van der Waals surface area contributed by atoms with Gasteiger partial charge in [0.1, 0.15) is 6.04 Å². The molecule has 0 aliphatic carbocycles. The molecule has 0 bridgehead atoms. The Morgan fingerprint density at radius 3 is 2.61 bits per heavy atom. The normalized spacial score (nSPS) is 28.6. The Morgan fingerprint density at radius 2 is 2.00 bits per heavy atom.